The van der Waals surface area contributed by atoms with Crippen LogP contribution < -0.4 is 5.73 Å². The fourth-order valence-corrected chi connectivity index (χ4v) is 2.26. The maximum atomic E-state index is 5.78. The molecule has 0 fully saturated rings. The molecule has 3 nitrogen and oxygen atoms in total. The second-order valence-corrected chi connectivity index (χ2v) is 5.08. The summed E-state index contributed by atoms with van der Waals surface area (Å²) in [5, 5.41) is 0. The predicted octanol–water partition coefficient (Wildman–Crippen LogP) is 2.89. The van der Waals surface area contributed by atoms with Crippen LogP contribution in [0.2, 0.25) is 0 Å². The Morgan fingerprint density at radius 2 is 2.18 bits per heavy atom. The zero-order chi connectivity index (χ0) is 12.8. The van der Waals surface area contributed by atoms with Crippen LogP contribution in [0.25, 0.3) is 0 Å². The minimum Gasteiger partial charge on any atom is -0.398 e. The molecule has 2 N–H and O–H groups in total. The van der Waals surface area contributed by atoms with Crippen molar-refractivity contribution in [2.45, 2.75) is 26.4 Å². The zero-order valence-corrected chi connectivity index (χ0v) is 12.3. The quantitative estimate of drug-likeness (QED) is 0.821. The van der Waals surface area contributed by atoms with Crippen molar-refractivity contribution in [1.29, 1.82) is 0 Å². The molecule has 0 saturated heterocycles. The van der Waals surface area contributed by atoms with Crippen LogP contribution >= 0.6 is 15.9 Å². The molecule has 1 aromatic carbocycles. The lowest BCUT2D eigenvalue weighted by atomic mass is 10.1. The summed E-state index contributed by atoms with van der Waals surface area (Å²) in [7, 11) is 1.74. The van der Waals surface area contributed by atoms with E-state index in [2.05, 4.69) is 46.8 Å². The summed E-state index contributed by atoms with van der Waals surface area (Å²) < 4.78 is 6.16. The Labute approximate surface area is 112 Å². The Hall–Kier alpha value is -0.580. The molecule has 0 aliphatic heterocycles. The first-order valence-corrected chi connectivity index (χ1v) is 6.64. The van der Waals surface area contributed by atoms with Crippen molar-refractivity contribution in [2.75, 3.05) is 26.0 Å². The standard InChI is InChI=1S/C13H21BrN2O/c1-4-16(10(2)9-17-3)8-11-5-6-13(15)12(14)7-11/h5-7,10H,4,8-9,15H2,1-3H3. The van der Waals surface area contributed by atoms with Crippen LogP contribution in [-0.2, 0) is 11.3 Å². The molecule has 1 atom stereocenters. The molecule has 0 aliphatic carbocycles. The third-order valence-corrected chi connectivity index (χ3v) is 3.57. The topological polar surface area (TPSA) is 38.5 Å². The van der Waals surface area contributed by atoms with Crippen molar-refractivity contribution in [2.24, 2.45) is 0 Å². The van der Waals surface area contributed by atoms with Crippen molar-refractivity contribution in [3.05, 3.63) is 28.2 Å². The Bertz CT molecular complexity index is 357. The number of nitrogens with two attached hydrogens (primary N) is 1. The van der Waals surface area contributed by atoms with Gasteiger partial charge in [-0.3, -0.25) is 4.90 Å². The number of benzene rings is 1. The number of hydrogen-bond donors (Lipinski definition) is 1. The maximum absolute atomic E-state index is 5.78. The largest absolute Gasteiger partial charge is 0.398 e. The molecule has 0 aliphatic rings. The molecule has 0 radical (unpaired) electrons. The van der Waals surface area contributed by atoms with Crippen LogP contribution in [0.15, 0.2) is 22.7 Å². The summed E-state index contributed by atoms with van der Waals surface area (Å²) in [6.07, 6.45) is 0. The average molecular weight is 301 g/mol. The molecule has 0 aromatic heterocycles. The van der Waals surface area contributed by atoms with E-state index < -0.39 is 0 Å². The Morgan fingerprint density at radius 1 is 1.47 bits per heavy atom. The summed E-state index contributed by atoms with van der Waals surface area (Å²) in [5.41, 5.74) is 7.82. The van der Waals surface area contributed by atoms with E-state index in [1.165, 1.54) is 5.56 Å². The fraction of sp³-hybridized carbons (Fsp3) is 0.538. The lowest BCUT2D eigenvalue weighted by Gasteiger charge is -2.27. The first-order chi connectivity index (χ1) is 8.08. The first kappa shape index (κ1) is 14.5. The summed E-state index contributed by atoms with van der Waals surface area (Å²) in [6, 6.07) is 6.51. The number of likely N-dealkylation sites (N-methyl/N-ethyl adjacent to an activating group) is 1. The highest BCUT2D eigenvalue weighted by atomic mass is 79.9. The van der Waals surface area contributed by atoms with Gasteiger partial charge >= 0.3 is 0 Å². The second kappa shape index (κ2) is 6.99. The van der Waals surface area contributed by atoms with Crippen LogP contribution in [0, 0.1) is 0 Å². The van der Waals surface area contributed by atoms with E-state index in [-0.39, 0.29) is 0 Å². The molecule has 0 bridgehead atoms. The van der Waals surface area contributed by atoms with Crippen molar-refractivity contribution in [3.63, 3.8) is 0 Å². The van der Waals surface area contributed by atoms with Gasteiger partial charge in [-0.05, 0) is 47.1 Å². The number of halogens is 1. The summed E-state index contributed by atoms with van der Waals surface area (Å²) >= 11 is 3.46. The van der Waals surface area contributed by atoms with Crippen molar-refractivity contribution < 1.29 is 4.74 Å². The molecular formula is C13H21BrN2O. The van der Waals surface area contributed by atoms with Crippen molar-refractivity contribution >= 4 is 21.6 Å². The van der Waals surface area contributed by atoms with Gasteiger partial charge in [-0.1, -0.05) is 13.0 Å². The second-order valence-electron chi connectivity index (χ2n) is 4.22. The van der Waals surface area contributed by atoms with E-state index in [0.717, 1.165) is 29.9 Å². The van der Waals surface area contributed by atoms with E-state index in [9.17, 15) is 0 Å². The number of anilines is 1. The highest BCUT2D eigenvalue weighted by Gasteiger charge is 2.12. The Kier molecular flexibility index (Phi) is 5.95. The lowest BCUT2D eigenvalue weighted by Crippen LogP contribution is -2.35. The van der Waals surface area contributed by atoms with E-state index in [0.29, 0.717) is 6.04 Å². The van der Waals surface area contributed by atoms with Crippen LogP contribution in [0.3, 0.4) is 0 Å². The molecule has 1 aromatic rings. The third-order valence-electron chi connectivity index (χ3n) is 2.89. The predicted molar refractivity (Wildman–Crippen MR) is 76.0 cm³/mol. The molecule has 0 amide bonds. The van der Waals surface area contributed by atoms with Crippen LogP contribution in [0.4, 0.5) is 5.69 Å². The van der Waals surface area contributed by atoms with Gasteiger partial charge in [0, 0.05) is 29.9 Å². The fourth-order valence-electron chi connectivity index (χ4n) is 1.83. The number of ether oxygens (including phenoxy) is 1. The third kappa shape index (κ3) is 4.30. The van der Waals surface area contributed by atoms with Gasteiger partial charge in [0.1, 0.15) is 0 Å². The Morgan fingerprint density at radius 3 is 2.71 bits per heavy atom. The molecular weight excluding hydrogens is 280 g/mol. The monoisotopic (exact) mass is 300 g/mol. The summed E-state index contributed by atoms with van der Waals surface area (Å²) in [5.74, 6) is 0. The van der Waals surface area contributed by atoms with Gasteiger partial charge in [0.25, 0.3) is 0 Å². The van der Waals surface area contributed by atoms with Gasteiger partial charge < -0.3 is 10.5 Å². The summed E-state index contributed by atoms with van der Waals surface area (Å²) in [6.45, 7) is 7.02. The number of nitrogens with zero attached hydrogens (tertiary/aromatic N) is 1. The molecule has 0 spiro atoms. The minimum absolute atomic E-state index is 0.418. The highest BCUT2D eigenvalue weighted by molar-refractivity contribution is 9.10. The number of nitrogen functional groups attached to an aromatic ring is 1. The van der Waals surface area contributed by atoms with Crippen molar-refractivity contribution in [3.8, 4) is 0 Å². The molecule has 1 unspecified atom stereocenters. The molecule has 1 rings (SSSR count). The molecule has 4 heteroatoms. The van der Waals surface area contributed by atoms with Gasteiger partial charge in [-0.25, -0.2) is 0 Å². The lowest BCUT2D eigenvalue weighted by molar-refractivity contribution is 0.0982. The number of hydrogen-bond acceptors (Lipinski definition) is 3. The van der Waals surface area contributed by atoms with E-state index >= 15 is 0 Å². The first-order valence-electron chi connectivity index (χ1n) is 5.85. The summed E-state index contributed by atoms with van der Waals surface area (Å²) in [4.78, 5) is 2.38. The van der Waals surface area contributed by atoms with Crippen LogP contribution in [-0.4, -0.2) is 31.2 Å². The van der Waals surface area contributed by atoms with Gasteiger partial charge in [-0.15, -0.1) is 0 Å². The smallest absolute Gasteiger partial charge is 0.0615 e. The molecule has 0 heterocycles. The van der Waals surface area contributed by atoms with Gasteiger partial charge in [0.2, 0.25) is 0 Å². The van der Waals surface area contributed by atoms with E-state index in [1.807, 2.05) is 6.07 Å². The molecule has 0 saturated carbocycles. The minimum atomic E-state index is 0.418. The molecule has 96 valence electrons. The SMILES string of the molecule is CCN(Cc1ccc(N)c(Br)c1)C(C)COC. The Balaban J connectivity index is 2.70. The van der Waals surface area contributed by atoms with Gasteiger partial charge in [0.15, 0.2) is 0 Å². The van der Waals surface area contributed by atoms with Crippen LogP contribution in [0.1, 0.15) is 19.4 Å². The highest BCUT2D eigenvalue weighted by Crippen LogP contribution is 2.21. The van der Waals surface area contributed by atoms with E-state index in [4.69, 9.17) is 10.5 Å². The number of methoxy groups -OCH3 is 1. The average Bonchev–Trinajstić information content (AvgIpc) is 2.30. The zero-order valence-electron chi connectivity index (χ0n) is 10.7. The van der Waals surface area contributed by atoms with Gasteiger partial charge in [0.05, 0.1) is 6.61 Å². The molecule has 17 heavy (non-hydrogen) atoms. The van der Waals surface area contributed by atoms with Crippen LogP contribution in [0.5, 0.6) is 0 Å². The number of rotatable bonds is 6. The van der Waals surface area contributed by atoms with E-state index in [1.54, 1.807) is 7.11 Å². The van der Waals surface area contributed by atoms with Gasteiger partial charge in [-0.2, -0.15) is 0 Å². The normalized spacial score (nSPS) is 13.0. The van der Waals surface area contributed by atoms with Crippen molar-refractivity contribution in [1.82, 2.24) is 4.90 Å². The maximum Gasteiger partial charge on any atom is 0.0615 e.